The molecule has 43 heavy (non-hydrogen) atoms. The Balaban J connectivity index is 1.62. The quantitative estimate of drug-likeness (QED) is 0.146. The van der Waals surface area contributed by atoms with Gasteiger partial charge in [-0.25, -0.2) is 0 Å². The molecule has 0 bridgehead atoms. The smallest absolute Gasteiger partial charge is 0.261 e. The molecule has 0 aliphatic carbocycles. The van der Waals surface area contributed by atoms with Crippen molar-refractivity contribution in [2.75, 3.05) is 6.54 Å². The Kier molecular flexibility index (Phi) is 8.39. The Morgan fingerprint density at radius 3 is 1.84 bits per heavy atom. The molecular weight excluding hydrogens is 602 g/mol. The molecule has 0 spiro atoms. The summed E-state index contributed by atoms with van der Waals surface area (Å²) in [5, 5.41) is 20.7. The minimum Gasteiger partial charge on any atom is -0.505 e. The van der Waals surface area contributed by atoms with E-state index in [1.807, 2.05) is 49.4 Å². The lowest BCUT2D eigenvalue weighted by atomic mass is 9.72. The molecule has 0 saturated heterocycles. The fourth-order valence-corrected chi connectivity index (χ4v) is 5.99. The summed E-state index contributed by atoms with van der Waals surface area (Å²) in [7, 11) is 0. The van der Waals surface area contributed by atoms with Gasteiger partial charge in [0.05, 0.1) is 11.1 Å². The molecule has 0 unspecified atom stereocenters. The highest BCUT2D eigenvalue weighted by atomic mass is 79.9. The predicted molar refractivity (Wildman–Crippen MR) is 174 cm³/mol. The van der Waals surface area contributed by atoms with Crippen molar-refractivity contribution in [1.82, 2.24) is 4.90 Å². The minimum atomic E-state index is -0.540. The molecule has 1 aliphatic heterocycles. The zero-order valence-electron chi connectivity index (χ0n) is 25.2. The monoisotopic (exact) mass is 637 g/mol. The Hall–Kier alpha value is -4.10. The van der Waals surface area contributed by atoms with Gasteiger partial charge in [0.25, 0.3) is 11.8 Å². The number of phenolic OH excluding ortho intramolecular Hbond substituents is 1. The van der Waals surface area contributed by atoms with Gasteiger partial charge in [-0.2, -0.15) is 0 Å². The average Bonchev–Trinajstić information content (AvgIpc) is 3.23. The summed E-state index contributed by atoms with van der Waals surface area (Å²) in [6.45, 7) is 10.9. The molecule has 7 heteroatoms. The van der Waals surface area contributed by atoms with Crippen LogP contribution in [0.3, 0.4) is 0 Å². The molecule has 1 N–H and O–H groups in total. The minimum absolute atomic E-state index is 0.0412. The standard InChI is InChI=1S/C36H36BrN3O3/c1-6-7-18-40-33(42)26-21-29(37)30(22-27(26)34(40)43)38-39-31-20-25(35(2,3)23-14-10-8-11-15-23)19-28(32(31)41)36(4,5)24-16-12-9-13-17-24/h8-17,19-22,41H,6-7,18H2,1-5H3/b39-38+. The molecule has 0 radical (unpaired) electrons. The lowest BCUT2D eigenvalue weighted by Crippen LogP contribution is -2.30. The Morgan fingerprint density at radius 2 is 1.26 bits per heavy atom. The van der Waals surface area contributed by atoms with Crippen LogP contribution in [0.2, 0.25) is 0 Å². The number of imide groups is 1. The number of carbonyl (C=O) groups excluding carboxylic acids is 2. The van der Waals surface area contributed by atoms with Crippen molar-refractivity contribution < 1.29 is 14.7 Å². The predicted octanol–water partition coefficient (Wildman–Crippen LogP) is 9.62. The molecule has 2 amide bonds. The van der Waals surface area contributed by atoms with E-state index >= 15 is 0 Å². The number of hydrogen-bond donors (Lipinski definition) is 1. The summed E-state index contributed by atoms with van der Waals surface area (Å²) in [4.78, 5) is 27.2. The topological polar surface area (TPSA) is 82.3 Å². The third kappa shape index (κ3) is 5.66. The number of amides is 2. The van der Waals surface area contributed by atoms with Crippen LogP contribution in [0.5, 0.6) is 5.75 Å². The van der Waals surface area contributed by atoms with Gasteiger partial charge in [0, 0.05) is 27.4 Å². The second-order valence-electron chi connectivity index (χ2n) is 12.0. The molecule has 0 aromatic heterocycles. The number of benzene rings is 4. The molecule has 4 aromatic rings. The number of halogens is 1. The molecule has 0 atom stereocenters. The van der Waals surface area contributed by atoms with Gasteiger partial charge in [0.2, 0.25) is 0 Å². The van der Waals surface area contributed by atoms with Crippen LogP contribution in [0.1, 0.15) is 90.4 Å². The van der Waals surface area contributed by atoms with Crippen molar-refractivity contribution in [3.05, 3.63) is 123 Å². The van der Waals surface area contributed by atoms with Crippen LogP contribution in [0.25, 0.3) is 0 Å². The van der Waals surface area contributed by atoms with E-state index < -0.39 is 10.8 Å². The van der Waals surface area contributed by atoms with Gasteiger partial charge in [0.15, 0.2) is 0 Å². The molecule has 6 nitrogen and oxygen atoms in total. The summed E-state index contributed by atoms with van der Waals surface area (Å²) in [5.41, 5.74) is 4.34. The van der Waals surface area contributed by atoms with Crippen LogP contribution in [0, 0.1) is 0 Å². The largest absolute Gasteiger partial charge is 0.505 e. The fourth-order valence-electron chi connectivity index (χ4n) is 5.57. The van der Waals surface area contributed by atoms with Crippen molar-refractivity contribution in [2.24, 2.45) is 10.2 Å². The Bertz CT molecular complexity index is 1710. The van der Waals surface area contributed by atoms with Gasteiger partial charge in [0.1, 0.15) is 17.1 Å². The van der Waals surface area contributed by atoms with E-state index in [0.717, 1.165) is 35.1 Å². The number of unbranched alkanes of at least 4 members (excludes halogenated alkanes) is 1. The van der Waals surface area contributed by atoms with Crippen molar-refractivity contribution in [3.63, 3.8) is 0 Å². The van der Waals surface area contributed by atoms with Crippen LogP contribution >= 0.6 is 15.9 Å². The number of azo groups is 1. The van der Waals surface area contributed by atoms with Gasteiger partial charge < -0.3 is 5.11 Å². The fraction of sp³-hybridized carbons (Fsp3) is 0.278. The van der Waals surface area contributed by atoms with Gasteiger partial charge in [-0.05, 0) is 57.2 Å². The molecular formula is C36H36BrN3O3. The maximum Gasteiger partial charge on any atom is 0.261 e. The Labute approximate surface area is 261 Å². The first-order valence-corrected chi connectivity index (χ1v) is 15.4. The van der Waals surface area contributed by atoms with Gasteiger partial charge in [-0.1, -0.05) is 108 Å². The van der Waals surface area contributed by atoms with E-state index in [1.54, 1.807) is 12.1 Å². The van der Waals surface area contributed by atoms with Crippen molar-refractivity contribution >= 4 is 39.1 Å². The average molecular weight is 639 g/mol. The first kappa shape index (κ1) is 30.4. The number of phenols is 1. The molecule has 0 fully saturated rings. The molecule has 1 aliphatic rings. The molecule has 4 aromatic carbocycles. The highest BCUT2D eigenvalue weighted by molar-refractivity contribution is 9.10. The van der Waals surface area contributed by atoms with Gasteiger partial charge in [-0.15, -0.1) is 10.2 Å². The van der Waals surface area contributed by atoms with Crippen LogP contribution in [-0.2, 0) is 10.8 Å². The maximum atomic E-state index is 13.1. The first-order chi connectivity index (χ1) is 20.5. The summed E-state index contributed by atoms with van der Waals surface area (Å²) < 4.78 is 0.540. The van der Waals surface area contributed by atoms with Crippen molar-refractivity contribution in [3.8, 4) is 5.75 Å². The summed E-state index contributed by atoms with van der Waals surface area (Å²) in [6, 6.07) is 27.5. The lowest BCUT2D eigenvalue weighted by Gasteiger charge is -2.32. The van der Waals surface area contributed by atoms with E-state index in [9.17, 15) is 14.7 Å². The highest BCUT2D eigenvalue weighted by Gasteiger charge is 2.36. The Morgan fingerprint density at radius 1 is 0.721 bits per heavy atom. The molecule has 220 valence electrons. The zero-order valence-corrected chi connectivity index (χ0v) is 26.8. The number of rotatable bonds is 9. The first-order valence-electron chi connectivity index (χ1n) is 14.6. The number of fused-ring (bicyclic) bond motifs is 1. The van der Waals surface area contributed by atoms with E-state index in [1.165, 1.54) is 4.90 Å². The summed E-state index contributed by atoms with van der Waals surface area (Å²) in [6.07, 6.45) is 1.62. The van der Waals surface area contributed by atoms with Crippen molar-refractivity contribution in [1.29, 1.82) is 0 Å². The van der Waals surface area contributed by atoms with Crippen LogP contribution < -0.4 is 0 Å². The third-order valence-electron chi connectivity index (χ3n) is 8.51. The number of carbonyl (C=O) groups is 2. The number of aromatic hydroxyl groups is 1. The van der Waals surface area contributed by atoms with Crippen molar-refractivity contribution in [2.45, 2.75) is 58.3 Å². The highest BCUT2D eigenvalue weighted by Crippen LogP contribution is 2.46. The normalized spacial score (nSPS) is 13.7. The number of nitrogens with zero attached hydrogens (tertiary/aromatic N) is 3. The number of hydrogen-bond acceptors (Lipinski definition) is 5. The summed E-state index contributed by atoms with van der Waals surface area (Å²) >= 11 is 3.52. The second-order valence-corrected chi connectivity index (χ2v) is 12.9. The van der Waals surface area contributed by atoms with Crippen LogP contribution in [0.4, 0.5) is 11.4 Å². The van der Waals surface area contributed by atoms with Gasteiger partial charge in [-0.3, -0.25) is 14.5 Å². The summed E-state index contributed by atoms with van der Waals surface area (Å²) in [5.74, 6) is -0.572. The SMILES string of the molecule is CCCCN1C(=O)c2cc(Br)c(/N=N/c3cc(C(C)(C)c4ccccc4)cc(C(C)(C)c4ccccc4)c3O)cc2C1=O. The van der Waals surface area contributed by atoms with E-state index in [2.05, 4.69) is 84.2 Å². The van der Waals surface area contributed by atoms with E-state index in [4.69, 9.17) is 0 Å². The third-order valence-corrected chi connectivity index (χ3v) is 9.15. The molecule has 0 saturated carbocycles. The van der Waals surface area contributed by atoms with E-state index in [0.29, 0.717) is 33.5 Å². The molecule has 5 rings (SSSR count). The molecule has 1 heterocycles. The second kappa shape index (κ2) is 11.9. The van der Waals surface area contributed by atoms with E-state index in [-0.39, 0.29) is 17.6 Å². The zero-order chi connectivity index (χ0) is 30.9. The van der Waals surface area contributed by atoms with Crippen LogP contribution in [0.15, 0.2) is 99.6 Å². The van der Waals surface area contributed by atoms with Crippen LogP contribution in [-0.4, -0.2) is 28.4 Å². The maximum absolute atomic E-state index is 13.1. The lowest BCUT2D eigenvalue weighted by molar-refractivity contribution is 0.0652. The van der Waals surface area contributed by atoms with Gasteiger partial charge >= 0.3 is 0 Å².